The first kappa shape index (κ1) is 11.5. The highest BCUT2D eigenvalue weighted by molar-refractivity contribution is 5.76. The number of halogens is 1. The van der Waals surface area contributed by atoms with Gasteiger partial charge in [-0.15, -0.1) is 0 Å². The molecule has 0 aliphatic carbocycles. The Morgan fingerprint density at radius 3 is 2.47 bits per heavy atom. The van der Waals surface area contributed by atoms with Gasteiger partial charge in [-0.25, -0.2) is 14.7 Å². The van der Waals surface area contributed by atoms with E-state index in [1.54, 1.807) is 32.9 Å². The second kappa shape index (κ2) is 4.29. The van der Waals surface area contributed by atoms with Crippen LogP contribution in [0.1, 0.15) is 20.8 Å². The van der Waals surface area contributed by atoms with Crippen molar-refractivity contribution in [3.05, 3.63) is 30.1 Å². The van der Waals surface area contributed by atoms with Gasteiger partial charge < -0.3 is 4.84 Å². The van der Waals surface area contributed by atoms with E-state index < -0.39 is 17.2 Å². The lowest BCUT2D eigenvalue weighted by Gasteiger charge is -2.16. The van der Waals surface area contributed by atoms with Crippen molar-refractivity contribution in [3.63, 3.8) is 0 Å². The second-order valence-corrected chi connectivity index (χ2v) is 4.22. The molecule has 4 heteroatoms. The van der Waals surface area contributed by atoms with Crippen molar-refractivity contribution in [2.24, 2.45) is 5.41 Å². The van der Waals surface area contributed by atoms with Crippen LogP contribution in [0.3, 0.4) is 0 Å². The third-order valence-corrected chi connectivity index (χ3v) is 1.74. The zero-order chi connectivity index (χ0) is 11.5. The van der Waals surface area contributed by atoms with Crippen molar-refractivity contribution in [1.29, 1.82) is 0 Å². The Hall–Kier alpha value is -1.58. The van der Waals surface area contributed by atoms with Crippen LogP contribution in [0.15, 0.2) is 24.3 Å². The smallest absolute Gasteiger partial charge is 0.337 e. The van der Waals surface area contributed by atoms with Crippen LogP contribution in [0.5, 0.6) is 0 Å². The zero-order valence-electron chi connectivity index (χ0n) is 9.00. The summed E-state index contributed by atoms with van der Waals surface area (Å²) in [5, 5.41) is 0. The molecular weight excluding hydrogens is 197 g/mol. The highest BCUT2D eigenvalue weighted by Crippen LogP contribution is 2.17. The van der Waals surface area contributed by atoms with E-state index in [1.807, 2.05) is 0 Å². The zero-order valence-corrected chi connectivity index (χ0v) is 9.00. The lowest BCUT2D eigenvalue weighted by Crippen LogP contribution is -2.25. The van der Waals surface area contributed by atoms with Gasteiger partial charge in [0.25, 0.3) is 0 Å². The maximum Gasteiger partial charge on any atom is 0.337 e. The van der Waals surface area contributed by atoms with Gasteiger partial charge in [0, 0.05) is 0 Å². The van der Waals surface area contributed by atoms with Gasteiger partial charge in [0.05, 0.1) is 5.41 Å². The number of nitrogens with one attached hydrogen (secondary N) is 1. The van der Waals surface area contributed by atoms with Gasteiger partial charge in [0.2, 0.25) is 0 Å². The van der Waals surface area contributed by atoms with E-state index in [-0.39, 0.29) is 5.69 Å². The maximum absolute atomic E-state index is 13.1. The van der Waals surface area contributed by atoms with E-state index in [0.29, 0.717) is 0 Å². The fourth-order valence-electron chi connectivity index (χ4n) is 0.798. The Kier molecular flexibility index (Phi) is 3.29. The minimum Gasteiger partial charge on any atom is -0.343 e. The quantitative estimate of drug-likeness (QED) is 0.764. The molecule has 0 spiro atoms. The molecule has 0 amide bonds. The molecule has 0 bridgehead atoms. The van der Waals surface area contributed by atoms with Crippen LogP contribution >= 0.6 is 0 Å². The van der Waals surface area contributed by atoms with E-state index >= 15 is 0 Å². The van der Waals surface area contributed by atoms with Crippen LogP contribution < -0.4 is 5.48 Å². The Bertz CT molecular complexity index is 358. The summed E-state index contributed by atoms with van der Waals surface area (Å²) in [6.45, 7) is 5.16. The Balaban J connectivity index is 2.59. The molecule has 0 fully saturated rings. The van der Waals surface area contributed by atoms with E-state index in [2.05, 4.69) is 5.48 Å². The summed E-state index contributed by atoms with van der Waals surface area (Å²) in [7, 11) is 0. The number of benzene rings is 1. The summed E-state index contributed by atoms with van der Waals surface area (Å²) >= 11 is 0. The van der Waals surface area contributed by atoms with Crippen molar-refractivity contribution in [2.45, 2.75) is 20.8 Å². The van der Waals surface area contributed by atoms with Gasteiger partial charge in [-0.1, -0.05) is 12.1 Å². The van der Waals surface area contributed by atoms with Crippen molar-refractivity contribution in [1.82, 2.24) is 0 Å². The predicted octanol–water partition coefficient (Wildman–Crippen LogP) is 2.74. The number of anilines is 1. The average molecular weight is 211 g/mol. The number of hydrogen-bond acceptors (Lipinski definition) is 3. The molecule has 15 heavy (non-hydrogen) atoms. The monoisotopic (exact) mass is 211 g/mol. The Morgan fingerprint density at radius 2 is 1.93 bits per heavy atom. The van der Waals surface area contributed by atoms with Gasteiger partial charge in [0.1, 0.15) is 11.5 Å². The molecule has 0 aliphatic rings. The summed E-state index contributed by atoms with van der Waals surface area (Å²) in [5.41, 5.74) is 1.83. The minimum absolute atomic E-state index is 0.148. The third-order valence-electron chi connectivity index (χ3n) is 1.74. The molecule has 0 heterocycles. The number of carbonyl (C=O) groups excluding carboxylic acids is 1. The van der Waals surface area contributed by atoms with Gasteiger partial charge in [-0.2, -0.15) is 0 Å². The highest BCUT2D eigenvalue weighted by Gasteiger charge is 2.23. The van der Waals surface area contributed by atoms with Crippen molar-refractivity contribution in [3.8, 4) is 0 Å². The van der Waals surface area contributed by atoms with Crippen molar-refractivity contribution in [2.75, 3.05) is 5.48 Å². The summed E-state index contributed by atoms with van der Waals surface area (Å²) in [5.74, 6) is -0.898. The summed E-state index contributed by atoms with van der Waals surface area (Å²) < 4.78 is 13.1. The molecule has 0 atom stereocenters. The molecular formula is C11H14FNO2. The molecule has 82 valence electrons. The largest absolute Gasteiger partial charge is 0.343 e. The highest BCUT2D eigenvalue weighted by atomic mass is 19.1. The van der Waals surface area contributed by atoms with Crippen molar-refractivity contribution < 1.29 is 14.0 Å². The first-order valence-electron chi connectivity index (χ1n) is 4.63. The lowest BCUT2D eigenvalue weighted by molar-refractivity contribution is -0.149. The first-order valence-corrected chi connectivity index (χ1v) is 4.63. The van der Waals surface area contributed by atoms with E-state index in [9.17, 15) is 9.18 Å². The van der Waals surface area contributed by atoms with E-state index in [4.69, 9.17) is 4.84 Å². The van der Waals surface area contributed by atoms with Gasteiger partial charge in [0.15, 0.2) is 0 Å². The van der Waals surface area contributed by atoms with Gasteiger partial charge >= 0.3 is 5.97 Å². The standard InChI is InChI=1S/C11H14FNO2/c1-11(2,3)10(14)15-13-9-7-5-4-6-8(9)12/h4-7,13H,1-3H3. The van der Waals surface area contributed by atoms with E-state index in [0.717, 1.165) is 0 Å². The molecule has 3 nitrogen and oxygen atoms in total. The summed E-state index contributed by atoms with van der Waals surface area (Å²) in [6.07, 6.45) is 0. The van der Waals surface area contributed by atoms with Crippen LogP contribution in [0, 0.1) is 11.2 Å². The third kappa shape index (κ3) is 3.23. The van der Waals surface area contributed by atoms with Crippen LogP contribution in [0.4, 0.5) is 10.1 Å². The van der Waals surface area contributed by atoms with Crippen LogP contribution in [0.25, 0.3) is 0 Å². The molecule has 0 unspecified atom stereocenters. The molecule has 0 aliphatic heterocycles. The minimum atomic E-state index is -0.613. The molecule has 1 rings (SSSR count). The predicted molar refractivity (Wildman–Crippen MR) is 55.6 cm³/mol. The number of rotatable bonds is 2. The summed E-state index contributed by atoms with van der Waals surface area (Å²) in [4.78, 5) is 16.1. The van der Waals surface area contributed by atoms with Gasteiger partial charge in [-0.3, -0.25) is 0 Å². The van der Waals surface area contributed by atoms with Crippen LogP contribution in [-0.4, -0.2) is 5.97 Å². The first-order chi connectivity index (χ1) is 6.91. The molecule has 1 aromatic carbocycles. The van der Waals surface area contributed by atoms with E-state index in [1.165, 1.54) is 12.1 Å². The average Bonchev–Trinajstić information content (AvgIpc) is 2.14. The normalized spacial score (nSPS) is 10.9. The number of hydrogen-bond donors (Lipinski definition) is 1. The number of para-hydroxylation sites is 1. The Morgan fingerprint density at radius 1 is 1.33 bits per heavy atom. The van der Waals surface area contributed by atoms with Gasteiger partial charge in [-0.05, 0) is 32.9 Å². The molecule has 1 N–H and O–H groups in total. The fraction of sp³-hybridized carbons (Fsp3) is 0.364. The SMILES string of the molecule is CC(C)(C)C(=O)ONc1ccccc1F. The number of carbonyl (C=O) groups is 1. The Labute approximate surface area is 88.2 Å². The summed E-state index contributed by atoms with van der Waals surface area (Å²) in [6, 6.07) is 5.99. The molecule has 0 aromatic heterocycles. The van der Waals surface area contributed by atoms with Crippen LogP contribution in [-0.2, 0) is 9.63 Å². The molecule has 1 aromatic rings. The molecule has 0 saturated carbocycles. The topological polar surface area (TPSA) is 38.3 Å². The molecule has 0 saturated heterocycles. The molecule has 0 radical (unpaired) electrons. The lowest BCUT2D eigenvalue weighted by atomic mass is 9.98. The fourth-order valence-corrected chi connectivity index (χ4v) is 0.798. The second-order valence-electron chi connectivity index (χ2n) is 4.22. The maximum atomic E-state index is 13.1. The van der Waals surface area contributed by atoms with Crippen molar-refractivity contribution >= 4 is 11.7 Å². The van der Waals surface area contributed by atoms with Crippen LogP contribution in [0.2, 0.25) is 0 Å².